The van der Waals surface area contributed by atoms with Crippen LogP contribution in [0.3, 0.4) is 0 Å². The summed E-state index contributed by atoms with van der Waals surface area (Å²) in [6.45, 7) is 9.87. The number of fused-ring (bicyclic) bond motifs is 1. The minimum Gasteiger partial charge on any atom is -0.394 e. The van der Waals surface area contributed by atoms with E-state index in [1.807, 2.05) is 6.92 Å². The molecule has 0 radical (unpaired) electrons. The summed E-state index contributed by atoms with van der Waals surface area (Å²) < 4.78 is -0.720. The first-order valence-corrected chi connectivity index (χ1v) is 13.7. The molecule has 1 N–H and O–H groups in total. The Morgan fingerprint density at radius 3 is 2.50 bits per heavy atom. The van der Waals surface area contributed by atoms with Crippen LogP contribution in [0.4, 0.5) is 5.69 Å². The minimum atomic E-state index is -0.791. The van der Waals surface area contributed by atoms with E-state index >= 15 is 0 Å². The first-order chi connectivity index (χ1) is 17.2. The fourth-order valence-electron chi connectivity index (χ4n) is 6.22. The number of benzene rings is 1. The number of anilines is 1. The lowest BCUT2D eigenvalue weighted by Crippen LogP contribution is -2.57. The number of likely N-dealkylation sites (tertiary alicyclic amines) is 1. The highest BCUT2D eigenvalue weighted by Crippen LogP contribution is 2.67. The van der Waals surface area contributed by atoms with Gasteiger partial charge in [0.15, 0.2) is 0 Å². The topological polar surface area (TPSA) is 81.2 Å². The smallest absolute Gasteiger partial charge is 0.251 e. The van der Waals surface area contributed by atoms with Gasteiger partial charge in [-0.1, -0.05) is 30.7 Å². The van der Waals surface area contributed by atoms with Gasteiger partial charge in [0.2, 0.25) is 11.8 Å². The van der Waals surface area contributed by atoms with Crippen molar-refractivity contribution in [2.75, 3.05) is 31.6 Å². The third-order valence-corrected chi connectivity index (χ3v) is 10.0. The highest BCUT2D eigenvalue weighted by atomic mass is 35.5. The third-order valence-electron chi connectivity index (χ3n) is 7.83. The standard InChI is InChI=1S/C27H34ClN3O4S/c1-5-14-29(4)24(33)21-20-12-13-27(36-20)22(21)25(34)31(18(7-3)16-32)23(27)26(35)30(15-6-2)19-10-8-17(28)9-11-19/h5-6,8-11,18,20-23,32H,1-2,7,12-16H2,3-4H3/t18-,20-,21+,22-,23?,27?/m0/s1. The van der Waals surface area contributed by atoms with Crippen LogP contribution in [0.2, 0.25) is 5.02 Å². The molecule has 1 spiro atoms. The Labute approximate surface area is 222 Å². The largest absolute Gasteiger partial charge is 0.394 e. The molecule has 194 valence electrons. The number of halogens is 1. The lowest BCUT2D eigenvalue weighted by molar-refractivity contribution is -0.144. The van der Waals surface area contributed by atoms with E-state index in [4.69, 9.17) is 11.6 Å². The molecule has 6 atom stereocenters. The zero-order chi connectivity index (χ0) is 26.2. The van der Waals surface area contributed by atoms with Crippen LogP contribution in [0.25, 0.3) is 0 Å². The summed E-state index contributed by atoms with van der Waals surface area (Å²) in [6.07, 6.45) is 5.26. The van der Waals surface area contributed by atoms with Crippen LogP contribution < -0.4 is 4.90 Å². The van der Waals surface area contributed by atoms with Crippen LogP contribution in [0, 0.1) is 11.8 Å². The Morgan fingerprint density at radius 2 is 1.92 bits per heavy atom. The van der Waals surface area contributed by atoms with E-state index in [0.29, 0.717) is 30.1 Å². The number of aliphatic hydroxyl groups is 1. The maximum Gasteiger partial charge on any atom is 0.251 e. The first-order valence-electron chi connectivity index (χ1n) is 12.4. The summed E-state index contributed by atoms with van der Waals surface area (Å²) in [5.41, 5.74) is 0.657. The summed E-state index contributed by atoms with van der Waals surface area (Å²) in [4.78, 5) is 46.9. The zero-order valence-electron chi connectivity index (χ0n) is 20.8. The molecule has 3 amide bonds. The molecule has 0 saturated carbocycles. The number of carbonyl (C=O) groups is 3. The number of carbonyl (C=O) groups excluding carboxylic acids is 3. The molecule has 0 aliphatic carbocycles. The monoisotopic (exact) mass is 531 g/mol. The van der Waals surface area contributed by atoms with Gasteiger partial charge in [0.1, 0.15) is 6.04 Å². The lowest BCUT2D eigenvalue weighted by atomic mass is 9.70. The van der Waals surface area contributed by atoms with Crippen LogP contribution in [0.1, 0.15) is 26.2 Å². The highest BCUT2D eigenvalue weighted by Gasteiger charge is 2.74. The molecule has 2 unspecified atom stereocenters. The number of likely N-dealkylation sites (N-methyl/N-ethyl adjacent to an activating group) is 1. The van der Waals surface area contributed by atoms with Crippen LogP contribution >= 0.6 is 23.4 Å². The molecule has 7 nitrogen and oxygen atoms in total. The second kappa shape index (κ2) is 10.6. The van der Waals surface area contributed by atoms with E-state index in [9.17, 15) is 19.5 Å². The van der Waals surface area contributed by atoms with E-state index in [0.717, 1.165) is 6.42 Å². The summed E-state index contributed by atoms with van der Waals surface area (Å²) in [7, 11) is 1.72. The number of amides is 3. The second-order valence-corrected chi connectivity index (χ2v) is 11.8. The van der Waals surface area contributed by atoms with Crippen molar-refractivity contribution in [2.45, 2.75) is 48.3 Å². The Bertz CT molecular complexity index is 1050. The van der Waals surface area contributed by atoms with Crippen molar-refractivity contribution in [3.8, 4) is 0 Å². The molecular formula is C27H34ClN3O4S. The van der Waals surface area contributed by atoms with Gasteiger partial charge in [-0.15, -0.1) is 24.9 Å². The molecule has 3 heterocycles. The summed E-state index contributed by atoms with van der Waals surface area (Å²) in [5, 5.41) is 10.8. The van der Waals surface area contributed by atoms with E-state index in [1.54, 1.807) is 69.9 Å². The van der Waals surface area contributed by atoms with Gasteiger partial charge >= 0.3 is 0 Å². The summed E-state index contributed by atoms with van der Waals surface area (Å²) >= 11 is 7.71. The Hall–Kier alpha value is -2.29. The molecule has 9 heteroatoms. The van der Waals surface area contributed by atoms with Crippen LogP contribution in [-0.4, -0.2) is 81.5 Å². The van der Waals surface area contributed by atoms with E-state index in [-0.39, 0.29) is 36.1 Å². The number of rotatable bonds is 10. The van der Waals surface area contributed by atoms with Gasteiger partial charge in [0.25, 0.3) is 5.91 Å². The molecule has 2 bridgehead atoms. The summed E-state index contributed by atoms with van der Waals surface area (Å²) in [6, 6.07) is 5.70. The number of hydrogen-bond acceptors (Lipinski definition) is 5. The molecule has 0 aromatic heterocycles. The number of aliphatic hydroxyl groups excluding tert-OH is 1. The van der Waals surface area contributed by atoms with E-state index < -0.39 is 28.7 Å². The molecule has 3 aliphatic rings. The molecular weight excluding hydrogens is 498 g/mol. The lowest BCUT2D eigenvalue weighted by Gasteiger charge is -2.39. The molecule has 4 rings (SSSR count). The van der Waals surface area contributed by atoms with Gasteiger partial charge in [0.05, 0.1) is 29.2 Å². The fourth-order valence-corrected chi connectivity index (χ4v) is 8.54. The first kappa shape index (κ1) is 26.8. The second-order valence-electron chi connectivity index (χ2n) is 9.77. The molecule has 3 fully saturated rings. The van der Waals surface area contributed by atoms with Gasteiger partial charge < -0.3 is 19.8 Å². The van der Waals surface area contributed by atoms with Gasteiger partial charge in [-0.2, -0.15) is 0 Å². The minimum absolute atomic E-state index is 0.0197. The normalized spacial score (nSPS) is 29.1. The van der Waals surface area contributed by atoms with Crippen LogP contribution in [0.15, 0.2) is 49.6 Å². The summed E-state index contributed by atoms with van der Waals surface area (Å²) in [5.74, 6) is -1.62. The maximum atomic E-state index is 14.4. The zero-order valence-corrected chi connectivity index (χ0v) is 22.4. The predicted molar refractivity (Wildman–Crippen MR) is 144 cm³/mol. The molecule has 3 saturated heterocycles. The van der Waals surface area contributed by atoms with Crippen molar-refractivity contribution >= 4 is 46.8 Å². The quantitative estimate of drug-likeness (QED) is 0.468. The fraction of sp³-hybridized carbons (Fsp3) is 0.519. The van der Waals surface area contributed by atoms with Crippen molar-refractivity contribution in [1.29, 1.82) is 0 Å². The predicted octanol–water partition coefficient (Wildman–Crippen LogP) is 3.37. The van der Waals surface area contributed by atoms with Crippen LogP contribution in [0.5, 0.6) is 0 Å². The SMILES string of the molecule is C=CCN(C)C(=O)[C@@H]1[C@@H]2CCC3(S2)C(C(=O)N(CC=C)c2ccc(Cl)cc2)N([C@@H](CC)CO)C(=O)[C@H]13. The number of thioether (sulfide) groups is 1. The van der Waals surface area contributed by atoms with Crippen molar-refractivity contribution < 1.29 is 19.5 Å². The third kappa shape index (κ3) is 4.17. The Kier molecular flexibility index (Phi) is 7.88. The van der Waals surface area contributed by atoms with Gasteiger partial charge in [-0.25, -0.2) is 0 Å². The maximum absolute atomic E-state index is 14.4. The molecule has 3 aliphatic heterocycles. The van der Waals surface area contributed by atoms with Gasteiger partial charge in [-0.3, -0.25) is 14.4 Å². The van der Waals surface area contributed by atoms with E-state index in [1.165, 1.54) is 0 Å². The highest BCUT2D eigenvalue weighted by molar-refractivity contribution is 8.02. The van der Waals surface area contributed by atoms with E-state index in [2.05, 4.69) is 13.2 Å². The molecule has 36 heavy (non-hydrogen) atoms. The van der Waals surface area contributed by atoms with Crippen molar-refractivity contribution in [2.24, 2.45) is 11.8 Å². The van der Waals surface area contributed by atoms with Crippen molar-refractivity contribution in [3.63, 3.8) is 0 Å². The van der Waals surface area contributed by atoms with Gasteiger partial charge in [0, 0.05) is 36.1 Å². The molecule has 1 aromatic rings. The average Bonchev–Trinajstić information content (AvgIpc) is 3.51. The van der Waals surface area contributed by atoms with Crippen molar-refractivity contribution in [3.05, 3.63) is 54.6 Å². The van der Waals surface area contributed by atoms with Crippen molar-refractivity contribution in [1.82, 2.24) is 9.80 Å². The average molecular weight is 532 g/mol. The number of hydrogen-bond donors (Lipinski definition) is 1. The Morgan fingerprint density at radius 1 is 1.25 bits per heavy atom. The molecule has 1 aromatic carbocycles. The van der Waals surface area contributed by atoms with Crippen LogP contribution in [-0.2, 0) is 14.4 Å². The van der Waals surface area contributed by atoms with Gasteiger partial charge in [-0.05, 0) is 43.5 Å². The Balaban J connectivity index is 1.80. The number of nitrogens with zero attached hydrogens (tertiary/aromatic N) is 3.